The molecule has 1 aliphatic rings. The molecular weight excluding hydrogens is 450 g/mol. The molecule has 9 heteroatoms. The van der Waals surface area contributed by atoms with Gasteiger partial charge >= 0.3 is 6.03 Å². The number of aromatic amines is 1. The lowest BCUT2D eigenvalue weighted by Gasteiger charge is -2.36. The Hall–Kier alpha value is -2.87. The molecule has 0 bridgehead atoms. The summed E-state index contributed by atoms with van der Waals surface area (Å²) in [5, 5.41) is 1.36. The highest BCUT2D eigenvalue weighted by molar-refractivity contribution is 6.35. The summed E-state index contributed by atoms with van der Waals surface area (Å²) in [6.45, 7) is 3.92. The molecule has 176 valence electrons. The van der Waals surface area contributed by atoms with Crippen molar-refractivity contribution in [1.29, 1.82) is 0 Å². The smallest absolute Gasteiger partial charge is 0.324 e. The molecule has 0 spiro atoms. The van der Waals surface area contributed by atoms with E-state index in [1.165, 1.54) is 6.07 Å². The van der Waals surface area contributed by atoms with Crippen molar-refractivity contribution in [2.24, 2.45) is 0 Å². The third kappa shape index (κ3) is 5.05. The van der Waals surface area contributed by atoms with Crippen LogP contribution < -0.4 is 9.64 Å². The van der Waals surface area contributed by atoms with Gasteiger partial charge in [0.05, 0.1) is 17.2 Å². The van der Waals surface area contributed by atoms with E-state index < -0.39 is 6.43 Å². The molecule has 0 radical (unpaired) electrons. The lowest BCUT2D eigenvalue weighted by Crippen LogP contribution is -2.49. The first-order valence-electron chi connectivity index (χ1n) is 11.2. The van der Waals surface area contributed by atoms with Crippen LogP contribution in [0.15, 0.2) is 36.7 Å². The van der Waals surface area contributed by atoms with Crippen LogP contribution in [0.4, 0.5) is 19.3 Å². The van der Waals surface area contributed by atoms with Crippen LogP contribution in [-0.2, 0) is 6.54 Å². The van der Waals surface area contributed by atoms with Crippen molar-refractivity contribution in [3.8, 4) is 5.75 Å². The first-order valence-corrected chi connectivity index (χ1v) is 11.6. The van der Waals surface area contributed by atoms with Crippen LogP contribution in [0.3, 0.4) is 0 Å². The molecule has 0 saturated carbocycles. The normalized spacial score (nSPS) is 14.5. The van der Waals surface area contributed by atoms with Gasteiger partial charge in [-0.2, -0.15) is 0 Å². The van der Waals surface area contributed by atoms with E-state index in [0.717, 1.165) is 36.6 Å². The second-order valence-electron chi connectivity index (χ2n) is 8.12. The van der Waals surface area contributed by atoms with Crippen molar-refractivity contribution in [3.63, 3.8) is 0 Å². The monoisotopic (exact) mass is 476 g/mol. The maximum Gasteiger partial charge on any atom is 0.324 e. The number of nitrogens with zero attached hydrogens (tertiary/aromatic N) is 3. The van der Waals surface area contributed by atoms with Crippen LogP contribution >= 0.6 is 11.6 Å². The van der Waals surface area contributed by atoms with Crippen LogP contribution in [-0.4, -0.2) is 40.6 Å². The number of benzene rings is 1. The number of ether oxygens (including phenoxy) is 1. The number of carbonyl (C=O) groups is 1. The van der Waals surface area contributed by atoms with Gasteiger partial charge in [-0.05, 0) is 36.6 Å². The number of pyridine rings is 1. The van der Waals surface area contributed by atoms with Crippen LogP contribution in [0.2, 0.25) is 5.02 Å². The molecule has 1 N–H and O–H groups in total. The lowest BCUT2D eigenvalue weighted by molar-refractivity contribution is 0.145. The Bertz CT molecular complexity index is 1120. The SMILES string of the molecule is CCCCCOc1cc(N2CCCN(Cc3ccnc4[nH]cc(Cl)c34)C2=O)ccc1C(F)F. The standard InChI is InChI=1S/C24H27ClF2N4O2/c1-2-3-4-12-33-20-13-17(6-7-18(20)22(26)27)31-11-5-10-30(24(31)32)15-16-8-9-28-23-21(16)19(25)14-29-23/h6-9,13-14,22H,2-5,10-12,15H2,1H3,(H,28,29). The Morgan fingerprint density at radius 3 is 2.88 bits per heavy atom. The molecule has 0 unspecified atom stereocenters. The van der Waals surface area contributed by atoms with Gasteiger partial charge in [0, 0.05) is 49.2 Å². The van der Waals surface area contributed by atoms with Crippen LogP contribution in [0.5, 0.6) is 5.75 Å². The molecule has 1 saturated heterocycles. The summed E-state index contributed by atoms with van der Waals surface area (Å²) >= 11 is 6.32. The number of carbonyl (C=O) groups excluding carboxylic acids is 1. The summed E-state index contributed by atoms with van der Waals surface area (Å²) in [6, 6.07) is 6.15. The predicted molar refractivity (Wildman–Crippen MR) is 125 cm³/mol. The Labute approximate surface area is 196 Å². The summed E-state index contributed by atoms with van der Waals surface area (Å²) < 4.78 is 32.7. The van der Waals surface area contributed by atoms with E-state index in [-0.39, 0.29) is 17.3 Å². The topological polar surface area (TPSA) is 61.5 Å². The third-order valence-corrected chi connectivity index (χ3v) is 6.13. The highest BCUT2D eigenvalue weighted by Crippen LogP contribution is 2.34. The second kappa shape index (κ2) is 10.4. The first kappa shape index (κ1) is 23.3. The number of halogens is 3. The van der Waals surface area contributed by atoms with Crippen LogP contribution in [0.1, 0.15) is 50.2 Å². The number of aromatic nitrogens is 2. The molecule has 3 aromatic rings. The first-order chi connectivity index (χ1) is 16.0. The summed E-state index contributed by atoms with van der Waals surface area (Å²) in [5.41, 5.74) is 1.97. The van der Waals surface area contributed by atoms with Gasteiger partial charge in [0.1, 0.15) is 11.4 Å². The third-order valence-electron chi connectivity index (χ3n) is 5.83. The van der Waals surface area contributed by atoms with Crippen molar-refractivity contribution in [3.05, 3.63) is 52.8 Å². The molecule has 0 atom stereocenters. The number of H-pyrrole nitrogens is 1. The van der Waals surface area contributed by atoms with Crippen molar-refractivity contribution in [1.82, 2.24) is 14.9 Å². The summed E-state index contributed by atoms with van der Waals surface area (Å²) in [4.78, 5) is 24.0. The van der Waals surface area contributed by atoms with Crippen molar-refractivity contribution in [2.45, 2.75) is 45.6 Å². The zero-order valence-electron chi connectivity index (χ0n) is 18.5. The van der Waals surface area contributed by atoms with E-state index >= 15 is 0 Å². The minimum atomic E-state index is -2.64. The quantitative estimate of drug-likeness (QED) is 0.356. The minimum Gasteiger partial charge on any atom is -0.493 e. The van der Waals surface area contributed by atoms with Gasteiger partial charge in [-0.15, -0.1) is 0 Å². The number of hydrogen-bond donors (Lipinski definition) is 1. The molecule has 33 heavy (non-hydrogen) atoms. The zero-order chi connectivity index (χ0) is 23.4. The van der Waals surface area contributed by atoms with E-state index in [1.54, 1.807) is 34.3 Å². The number of rotatable bonds is 9. The minimum absolute atomic E-state index is 0.137. The van der Waals surface area contributed by atoms with E-state index in [9.17, 15) is 13.6 Å². The number of hydrogen-bond acceptors (Lipinski definition) is 3. The molecule has 3 heterocycles. The molecule has 1 aliphatic heterocycles. The summed E-state index contributed by atoms with van der Waals surface area (Å²) in [5.74, 6) is 0.137. The van der Waals surface area contributed by atoms with Crippen molar-refractivity contribution < 1.29 is 18.3 Å². The van der Waals surface area contributed by atoms with Crippen molar-refractivity contribution in [2.75, 3.05) is 24.6 Å². The van der Waals surface area contributed by atoms with Gasteiger partial charge in [-0.1, -0.05) is 31.4 Å². The van der Waals surface area contributed by atoms with Crippen LogP contribution in [0.25, 0.3) is 11.0 Å². The molecular formula is C24H27ClF2N4O2. The molecule has 2 aromatic heterocycles. The van der Waals surface area contributed by atoms with Gasteiger partial charge in [-0.25, -0.2) is 18.6 Å². The number of fused-ring (bicyclic) bond motifs is 1. The number of unbranched alkanes of at least 4 members (excludes halogenated alkanes) is 2. The van der Waals surface area contributed by atoms with Gasteiger partial charge in [-0.3, -0.25) is 4.90 Å². The molecule has 2 amide bonds. The Morgan fingerprint density at radius 2 is 2.09 bits per heavy atom. The van der Waals surface area contributed by atoms with E-state index in [2.05, 4.69) is 16.9 Å². The number of alkyl halides is 2. The largest absolute Gasteiger partial charge is 0.493 e. The average Bonchev–Trinajstić information content (AvgIpc) is 3.19. The number of amides is 2. The maximum absolute atomic E-state index is 13.5. The fourth-order valence-corrected chi connectivity index (χ4v) is 4.38. The van der Waals surface area contributed by atoms with Gasteiger partial charge in [0.25, 0.3) is 6.43 Å². The Balaban J connectivity index is 1.55. The number of urea groups is 1. The van der Waals surface area contributed by atoms with Gasteiger partial charge < -0.3 is 14.6 Å². The number of anilines is 1. The fourth-order valence-electron chi connectivity index (χ4n) is 4.12. The van der Waals surface area contributed by atoms with E-state index in [0.29, 0.717) is 42.6 Å². The molecule has 4 rings (SSSR count). The average molecular weight is 477 g/mol. The number of nitrogens with one attached hydrogen (secondary N) is 1. The van der Waals surface area contributed by atoms with Gasteiger partial charge in [0.2, 0.25) is 0 Å². The highest BCUT2D eigenvalue weighted by atomic mass is 35.5. The molecule has 6 nitrogen and oxygen atoms in total. The Kier molecular flexibility index (Phi) is 7.33. The van der Waals surface area contributed by atoms with E-state index in [1.807, 2.05) is 6.07 Å². The predicted octanol–water partition coefficient (Wildman–Crippen LogP) is 6.56. The Morgan fingerprint density at radius 1 is 1.24 bits per heavy atom. The molecule has 1 fully saturated rings. The maximum atomic E-state index is 13.5. The lowest BCUT2D eigenvalue weighted by atomic mass is 10.1. The van der Waals surface area contributed by atoms with E-state index in [4.69, 9.17) is 16.3 Å². The molecule has 1 aromatic carbocycles. The second-order valence-corrected chi connectivity index (χ2v) is 8.53. The van der Waals surface area contributed by atoms with Crippen LogP contribution in [0, 0.1) is 0 Å². The highest BCUT2D eigenvalue weighted by Gasteiger charge is 2.28. The summed E-state index contributed by atoms with van der Waals surface area (Å²) in [6.07, 6.45) is 4.25. The van der Waals surface area contributed by atoms with Crippen molar-refractivity contribution >= 4 is 34.4 Å². The van der Waals surface area contributed by atoms with Gasteiger partial charge in [0.15, 0.2) is 0 Å². The zero-order valence-corrected chi connectivity index (χ0v) is 19.2. The fraction of sp³-hybridized carbons (Fsp3) is 0.417. The molecule has 0 aliphatic carbocycles. The summed E-state index contributed by atoms with van der Waals surface area (Å²) in [7, 11) is 0.